The van der Waals surface area contributed by atoms with Gasteiger partial charge in [-0.15, -0.1) is 11.3 Å². The number of likely N-dealkylation sites (tertiary alicyclic amines) is 1. The van der Waals surface area contributed by atoms with E-state index in [9.17, 15) is 4.79 Å². The van der Waals surface area contributed by atoms with E-state index >= 15 is 0 Å². The van der Waals surface area contributed by atoms with Gasteiger partial charge >= 0.3 is 0 Å². The molecule has 1 saturated heterocycles. The van der Waals surface area contributed by atoms with E-state index in [1.54, 1.807) is 11.3 Å². The summed E-state index contributed by atoms with van der Waals surface area (Å²) in [5.74, 6) is 0. The molecule has 3 nitrogen and oxygen atoms in total. The summed E-state index contributed by atoms with van der Waals surface area (Å²) >= 11 is 5.35. The molecule has 1 fully saturated rings. The van der Waals surface area contributed by atoms with Crippen molar-refractivity contribution in [3.8, 4) is 0 Å². The maximum Gasteiger partial charge on any atom is 0.209 e. The normalized spacial score (nSPS) is 22.5. The molecule has 1 amide bonds. The molecular weight excluding hydrogens is 302 g/mol. The highest BCUT2D eigenvalue weighted by atomic mass is 79.9. The second-order valence-corrected chi connectivity index (χ2v) is 7.07. The summed E-state index contributed by atoms with van der Waals surface area (Å²) in [5.41, 5.74) is 1.30. The molecule has 5 heteroatoms. The highest BCUT2D eigenvalue weighted by molar-refractivity contribution is 9.11. The molecule has 2 aliphatic heterocycles. The smallest absolute Gasteiger partial charge is 0.209 e. The summed E-state index contributed by atoms with van der Waals surface area (Å²) in [5, 5.41) is 0. The number of rotatable bonds is 1. The molecule has 0 atom stereocenters. The summed E-state index contributed by atoms with van der Waals surface area (Å²) in [7, 11) is 0. The molecule has 3 heterocycles. The third-order valence-corrected chi connectivity index (χ3v) is 5.56. The van der Waals surface area contributed by atoms with Crippen LogP contribution in [0.15, 0.2) is 9.85 Å². The lowest BCUT2D eigenvalue weighted by molar-refractivity contribution is -0.128. The summed E-state index contributed by atoms with van der Waals surface area (Å²) < 4.78 is 7.27. The number of carbonyl (C=O) groups excluding carboxylic acids is 1. The van der Waals surface area contributed by atoms with Crippen LogP contribution in [0.4, 0.5) is 0 Å². The van der Waals surface area contributed by atoms with Crippen LogP contribution in [-0.4, -0.2) is 31.0 Å². The van der Waals surface area contributed by atoms with Gasteiger partial charge in [0.1, 0.15) is 5.60 Å². The standard InChI is InChI=1S/C12H14BrNO2S/c13-10-7-9-1-6-16-12(11(9)17-10)2-4-14(8-15)5-3-12/h7-8H,1-6H2. The molecule has 0 unspecified atom stereocenters. The Balaban J connectivity index is 1.91. The molecule has 0 bridgehead atoms. The minimum atomic E-state index is -0.121. The van der Waals surface area contributed by atoms with E-state index in [1.165, 1.54) is 14.2 Å². The van der Waals surface area contributed by atoms with Gasteiger partial charge in [-0.25, -0.2) is 0 Å². The second kappa shape index (κ2) is 4.37. The summed E-state index contributed by atoms with van der Waals surface area (Å²) in [6, 6.07) is 2.22. The Kier molecular flexibility index (Phi) is 3.00. The van der Waals surface area contributed by atoms with Crippen LogP contribution in [0.2, 0.25) is 0 Å². The number of nitrogens with zero attached hydrogens (tertiary/aromatic N) is 1. The Morgan fingerprint density at radius 1 is 1.47 bits per heavy atom. The van der Waals surface area contributed by atoms with E-state index in [2.05, 4.69) is 22.0 Å². The highest BCUT2D eigenvalue weighted by Crippen LogP contribution is 2.46. The molecule has 2 aliphatic rings. The van der Waals surface area contributed by atoms with Crippen LogP contribution in [-0.2, 0) is 21.6 Å². The molecule has 0 radical (unpaired) electrons. The summed E-state index contributed by atoms with van der Waals surface area (Å²) in [4.78, 5) is 14.0. The fourth-order valence-corrected chi connectivity index (χ4v) is 4.65. The van der Waals surface area contributed by atoms with E-state index in [4.69, 9.17) is 4.74 Å². The van der Waals surface area contributed by atoms with Gasteiger partial charge in [0.25, 0.3) is 0 Å². The van der Waals surface area contributed by atoms with Gasteiger partial charge in [-0.2, -0.15) is 0 Å². The average molecular weight is 316 g/mol. The molecule has 1 spiro atoms. The van der Waals surface area contributed by atoms with Gasteiger partial charge in [0.05, 0.1) is 10.4 Å². The lowest BCUT2D eigenvalue weighted by Gasteiger charge is -2.42. The van der Waals surface area contributed by atoms with Gasteiger partial charge in [-0.3, -0.25) is 4.79 Å². The molecule has 0 aliphatic carbocycles. The minimum absolute atomic E-state index is 0.121. The zero-order valence-corrected chi connectivity index (χ0v) is 11.8. The van der Waals surface area contributed by atoms with Crippen molar-refractivity contribution in [1.29, 1.82) is 0 Å². The van der Waals surface area contributed by atoms with Crippen LogP contribution in [0.3, 0.4) is 0 Å². The van der Waals surface area contributed by atoms with Gasteiger partial charge in [0.15, 0.2) is 0 Å². The first kappa shape index (κ1) is 11.7. The van der Waals surface area contributed by atoms with Crippen molar-refractivity contribution in [2.75, 3.05) is 19.7 Å². The second-order valence-electron chi connectivity index (χ2n) is 4.64. The SMILES string of the molecule is O=CN1CCC2(CC1)OCCc1cc(Br)sc12. The topological polar surface area (TPSA) is 29.5 Å². The van der Waals surface area contributed by atoms with E-state index in [0.29, 0.717) is 0 Å². The van der Waals surface area contributed by atoms with Crippen molar-refractivity contribution in [2.24, 2.45) is 0 Å². The Morgan fingerprint density at radius 2 is 2.24 bits per heavy atom. The molecule has 3 rings (SSSR count). The van der Waals surface area contributed by atoms with Crippen molar-refractivity contribution < 1.29 is 9.53 Å². The first-order valence-corrected chi connectivity index (χ1v) is 7.46. The third-order valence-electron chi connectivity index (χ3n) is 3.70. The van der Waals surface area contributed by atoms with E-state index in [1.807, 2.05) is 4.90 Å². The predicted molar refractivity (Wildman–Crippen MR) is 70.2 cm³/mol. The lowest BCUT2D eigenvalue weighted by atomic mass is 9.85. The largest absolute Gasteiger partial charge is 0.369 e. The molecule has 1 aromatic heterocycles. The zero-order chi connectivity index (χ0) is 11.9. The molecule has 0 N–H and O–H groups in total. The maximum atomic E-state index is 10.8. The van der Waals surface area contributed by atoms with Gasteiger partial charge < -0.3 is 9.64 Å². The molecule has 17 heavy (non-hydrogen) atoms. The number of hydrogen-bond acceptors (Lipinski definition) is 3. The van der Waals surface area contributed by atoms with Crippen LogP contribution in [0, 0.1) is 0 Å². The molecule has 1 aromatic rings. The monoisotopic (exact) mass is 315 g/mol. The van der Waals surface area contributed by atoms with Crippen molar-refractivity contribution >= 4 is 33.7 Å². The predicted octanol–water partition coefficient (Wildman–Crippen LogP) is 2.53. The average Bonchev–Trinajstić information content (AvgIpc) is 2.73. The van der Waals surface area contributed by atoms with E-state index in [-0.39, 0.29) is 5.60 Å². The number of thiophene rings is 1. The first-order valence-electron chi connectivity index (χ1n) is 5.85. The van der Waals surface area contributed by atoms with Crippen molar-refractivity contribution in [1.82, 2.24) is 4.90 Å². The van der Waals surface area contributed by atoms with Crippen LogP contribution in [0.5, 0.6) is 0 Å². The van der Waals surface area contributed by atoms with Gasteiger partial charge in [0.2, 0.25) is 6.41 Å². The number of piperidine rings is 1. The van der Waals surface area contributed by atoms with E-state index in [0.717, 1.165) is 45.4 Å². The van der Waals surface area contributed by atoms with Crippen LogP contribution in [0.25, 0.3) is 0 Å². The Labute approximate surface area is 113 Å². The van der Waals surface area contributed by atoms with E-state index < -0.39 is 0 Å². The minimum Gasteiger partial charge on any atom is -0.369 e. The highest BCUT2D eigenvalue weighted by Gasteiger charge is 2.42. The number of hydrogen-bond donors (Lipinski definition) is 0. The van der Waals surface area contributed by atoms with Gasteiger partial charge in [-0.1, -0.05) is 0 Å². The third kappa shape index (κ3) is 1.94. The number of halogens is 1. The molecule has 92 valence electrons. The van der Waals surface area contributed by atoms with Crippen molar-refractivity contribution in [3.05, 3.63) is 20.3 Å². The zero-order valence-electron chi connectivity index (χ0n) is 9.45. The van der Waals surface area contributed by atoms with Gasteiger partial charge in [-0.05, 0) is 46.8 Å². The van der Waals surface area contributed by atoms with Crippen molar-refractivity contribution in [3.63, 3.8) is 0 Å². The fraction of sp³-hybridized carbons (Fsp3) is 0.583. The first-order chi connectivity index (χ1) is 8.23. The number of amides is 1. The van der Waals surface area contributed by atoms with Crippen LogP contribution in [0.1, 0.15) is 23.3 Å². The lowest BCUT2D eigenvalue weighted by Crippen LogP contribution is -2.45. The summed E-state index contributed by atoms with van der Waals surface area (Å²) in [6.07, 6.45) is 3.80. The summed E-state index contributed by atoms with van der Waals surface area (Å²) in [6.45, 7) is 2.41. The maximum absolute atomic E-state index is 10.8. The molecular formula is C12H14BrNO2S. The molecule has 0 saturated carbocycles. The van der Waals surface area contributed by atoms with Crippen LogP contribution >= 0.6 is 27.3 Å². The Morgan fingerprint density at radius 3 is 2.94 bits per heavy atom. The Bertz CT molecular complexity index is 438. The quantitative estimate of drug-likeness (QED) is 0.745. The number of fused-ring (bicyclic) bond motifs is 2. The van der Waals surface area contributed by atoms with Gasteiger partial charge in [0, 0.05) is 18.0 Å². The molecule has 0 aromatic carbocycles. The Hall–Kier alpha value is -0.390. The number of ether oxygens (including phenoxy) is 1. The van der Waals surface area contributed by atoms with Crippen LogP contribution < -0.4 is 0 Å². The number of carbonyl (C=O) groups is 1. The van der Waals surface area contributed by atoms with Crippen molar-refractivity contribution in [2.45, 2.75) is 24.9 Å². The fourth-order valence-electron chi connectivity index (χ4n) is 2.75.